The smallest absolute Gasteiger partial charge is 0.414 e. The van der Waals surface area contributed by atoms with E-state index in [1.54, 1.807) is 11.8 Å². The van der Waals surface area contributed by atoms with Gasteiger partial charge < -0.3 is 9.64 Å². The molecule has 0 saturated carbocycles. The highest BCUT2D eigenvalue weighted by molar-refractivity contribution is 6.11. The third-order valence-corrected chi connectivity index (χ3v) is 5.78. The topological polar surface area (TPSA) is 49.9 Å². The Bertz CT molecular complexity index is 931. The largest absolute Gasteiger partial charge is 0.449 e. The van der Waals surface area contributed by atoms with Crippen LogP contribution in [0.15, 0.2) is 30.3 Å². The van der Waals surface area contributed by atoms with Gasteiger partial charge in [0.25, 0.3) is 5.91 Å². The van der Waals surface area contributed by atoms with Crippen LogP contribution < -0.4 is 9.80 Å². The maximum Gasteiger partial charge on any atom is 0.414 e. The standard InChI is InChI=1S/C24H30N2O3/c1-7-19-14-25(23(27)22-15(3)10-9-11-16(22)4)20-12-17(5)18(6)13-21(20)26(19)24(28)29-8-2/h9-13,19H,7-8,14H2,1-6H3. The summed E-state index contributed by atoms with van der Waals surface area (Å²) in [7, 11) is 0. The minimum Gasteiger partial charge on any atom is -0.449 e. The number of hydrogen-bond donors (Lipinski definition) is 0. The van der Waals surface area contributed by atoms with Crippen molar-refractivity contribution in [2.45, 2.75) is 54.0 Å². The number of benzene rings is 2. The summed E-state index contributed by atoms with van der Waals surface area (Å²) in [4.78, 5) is 30.0. The fraction of sp³-hybridized carbons (Fsp3) is 0.417. The first-order chi connectivity index (χ1) is 13.8. The first kappa shape index (κ1) is 20.9. The third-order valence-electron chi connectivity index (χ3n) is 5.78. The number of nitrogens with zero attached hydrogens (tertiary/aromatic N) is 2. The second-order valence-electron chi connectivity index (χ2n) is 7.74. The third kappa shape index (κ3) is 3.74. The normalized spacial score (nSPS) is 15.9. The molecule has 0 N–H and O–H groups in total. The quantitative estimate of drug-likeness (QED) is 0.708. The molecule has 29 heavy (non-hydrogen) atoms. The van der Waals surface area contributed by atoms with Gasteiger partial charge in [-0.2, -0.15) is 0 Å². The van der Waals surface area contributed by atoms with Crippen LogP contribution in [0.5, 0.6) is 0 Å². The van der Waals surface area contributed by atoms with Crippen molar-refractivity contribution < 1.29 is 14.3 Å². The number of ether oxygens (including phenoxy) is 1. The van der Waals surface area contributed by atoms with Gasteiger partial charge in [0.05, 0.1) is 24.0 Å². The lowest BCUT2D eigenvalue weighted by Gasteiger charge is -2.42. The second-order valence-corrected chi connectivity index (χ2v) is 7.74. The molecule has 3 rings (SSSR count). The molecule has 1 aliphatic heterocycles. The van der Waals surface area contributed by atoms with Gasteiger partial charge >= 0.3 is 6.09 Å². The van der Waals surface area contributed by atoms with Crippen molar-refractivity contribution in [3.63, 3.8) is 0 Å². The molecule has 5 heteroatoms. The summed E-state index contributed by atoms with van der Waals surface area (Å²) in [5.74, 6) is -0.0212. The predicted octanol–water partition coefficient (Wildman–Crippen LogP) is 5.32. The average Bonchev–Trinajstić information content (AvgIpc) is 2.67. The molecule has 1 heterocycles. The van der Waals surface area contributed by atoms with E-state index in [1.165, 1.54) is 0 Å². The zero-order valence-electron chi connectivity index (χ0n) is 18.2. The van der Waals surface area contributed by atoms with Crippen LogP contribution in [0.2, 0.25) is 0 Å². The van der Waals surface area contributed by atoms with Crippen LogP contribution in [0.4, 0.5) is 16.2 Å². The Balaban J connectivity index is 2.17. The molecule has 1 unspecified atom stereocenters. The molecule has 1 aliphatic rings. The van der Waals surface area contributed by atoms with Gasteiger partial charge in [-0.25, -0.2) is 4.79 Å². The highest BCUT2D eigenvalue weighted by atomic mass is 16.6. The van der Waals surface area contributed by atoms with Crippen LogP contribution in [-0.2, 0) is 4.74 Å². The molecule has 0 spiro atoms. The molecule has 0 radical (unpaired) electrons. The number of carbonyl (C=O) groups is 2. The lowest BCUT2D eigenvalue weighted by Crippen LogP contribution is -2.53. The van der Waals surface area contributed by atoms with Crippen molar-refractivity contribution in [1.29, 1.82) is 0 Å². The summed E-state index contributed by atoms with van der Waals surface area (Å²) >= 11 is 0. The molecule has 0 aromatic heterocycles. The first-order valence-corrected chi connectivity index (χ1v) is 10.2. The Morgan fingerprint density at radius 1 is 0.966 bits per heavy atom. The zero-order valence-corrected chi connectivity index (χ0v) is 18.2. The Labute approximate surface area is 173 Å². The number of amides is 2. The maximum atomic E-state index is 13.7. The van der Waals surface area contributed by atoms with Gasteiger partial charge in [0.1, 0.15) is 0 Å². The Morgan fingerprint density at radius 2 is 1.55 bits per heavy atom. The Hall–Kier alpha value is -2.82. The van der Waals surface area contributed by atoms with Crippen LogP contribution in [0.25, 0.3) is 0 Å². The van der Waals surface area contributed by atoms with Gasteiger partial charge in [-0.3, -0.25) is 9.69 Å². The summed E-state index contributed by atoms with van der Waals surface area (Å²) in [6.45, 7) is 12.6. The summed E-state index contributed by atoms with van der Waals surface area (Å²) in [6, 6.07) is 9.76. The van der Waals surface area contributed by atoms with E-state index in [0.717, 1.165) is 45.6 Å². The first-order valence-electron chi connectivity index (χ1n) is 10.2. The van der Waals surface area contributed by atoms with Crippen molar-refractivity contribution in [3.05, 3.63) is 58.1 Å². The Kier molecular flexibility index (Phi) is 5.96. The predicted molar refractivity (Wildman–Crippen MR) is 117 cm³/mol. The highest BCUT2D eigenvalue weighted by Gasteiger charge is 2.38. The minimum atomic E-state index is -0.358. The summed E-state index contributed by atoms with van der Waals surface area (Å²) < 4.78 is 5.34. The number of hydrogen-bond acceptors (Lipinski definition) is 3. The van der Waals surface area contributed by atoms with Crippen LogP contribution in [0, 0.1) is 27.7 Å². The van der Waals surface area contributed by atoms with Gasteiger partial charge in [0.15, 0.2) is 0 Å². The number of fused-ring (bicyclic) bond motifs is 1. The molecule has 0 aliphatic carbocycles. The van der Waals surface area contributed by atoms with E-state index in [9.17, 15) is 9.59 Å². The molecule has 0 bridgehead atoms. The van der Waals surface area contributed by atoms with E-state index in [1.807, 2.05) is 69.9 Å². The van der Waals surface area contributed by atoms with Crippen LogP contribution in [0.1, 0.15) is 52.9 Å². The summed E-state index contributed by atoms with van der Waals surface area (Å²) in [6.07, 6.45) is 0.366. The molecule has 154 valence electrons. The fourth-order valence-corrected chi connectivity index (χ4v) is 4.01. The van der Waals surface area contributed by atoms with Crippen LogP contribution in [0.3, 0.4) is 0 Å². The van der Waals surface area contributed by atoms with Crippen molar-refractivity contribution in [2.75, 3.05) is 23.0 Å². The van der Waals surface area contributed by atoms with Gasteiger partial charge in [0.2, 0.25) is 0 Å². The van der Waals surface area contributed by atoms with Crippen molar-refractivity contribution in [3.8, 4) is 0 Å². The molecule has 1 atom stereocenters. The van der Waals surface area contributed by atoms with Gasteiger partial charge in [-0.15, -0.1) is 0 Å². The molecule has 0 saturated heterocycles. The molecule has 2 aromatic carbocycles. The number of carbonyl (C=O) groups excluding carboxylic acids is 2. The van der Waals surface area contributed by atoms with Crippen molar-refractivity contribution in [1.82, 2.24) is 0 Å². The molecule has 0 fully saturated rings. The molecular weight excluding hydrogens is 364 g/mol. The zero-order chi connectivity index (χ0) is 21.3. The average molecular weight is 395 g/mol. The van der Waals surface area contributed by atoms with E-state index < -0.39 is 0 Å². The van der Waals surface area contributed by atoms with E-state index in [0.29, 0.717) is 13.2 Å². The molecular formula is C24H30N2O3. The summed E-state index contributed by atoms with van der Waals surface area (Å²) in [5, 5.41) is 0. The minimum absolute atomic E-state index is 0.0212. The van der Waals surface area contributed by atoms with Gasteiger partial charge in [0, 0.05) is 12.1 Å². The number of aryl methyl sites for hydroxylation is 4. The molecule has 2 aromatic rings. The number of anilines is 2. The maximum absolute atomic E-state index is 13.7. The van der Waals surface area contributed by atoms with E-state index in [-0.39, 0.29) is 18.0 Å². The van der Waals surface area contributed by atoms with Crippen LogP contribution >= 0.6 is 0 Å². The van der Waals surface area contributed by atoms with Crippen molar-refractivity contribution in [2.24, 2.45) is 0 Å². The highest BCUT2D eigenvalue weighted by Crippen LogP contribution is 2.40. The Morgan fingerprint density at radius 3 is 2.10 bits per heavy atom. The molecule has 5 nitrogen and oxygen atoms in total. The van der Waals surface area contributed by atoms with E-state index in [2.05, 4.69) is 0 Å². The van der Waals surface area contributed by atoms with E-state index in [4.69, 9.17) is 4.74 Å². The van der Waals surface area contributed by atoms with Crippen LogP contribution in [-0.4, -0.2) is 31.2 Å². The number of rotatable bonds is 3. The monoisotopic (exact) mass is 394 g/mol. The van der Waals surface area contributed by atoms with E-state index >= 15 is 0 Å². The second kappa shape index (κ2) is 8.27. The van der Waals surface area contributed by atoms with Crippen molar-refractivity contribution >= 4 is 23.4 Å². The SMILES string of the molecule is CCOC(=O)N1c2cc(C)c(C)cc2N(C(=O)c2c(C)cccc2C)CC1CC. The van der Waals surface area contributed by atoms with Gasteiger partial charge in [-0.1, -0.05) is 25.1 Å². The molecule has 2 amide bonds. The lowest BCUT2D eigenvalue weighted by molar-refractivity contribution is 0.0980. The summed E-state index contributed by atoms with van der Waals surface area (Å²) in [5.41, 5.74) is 6.32. The fourth-order valence-electron chi connectivity index (χ4n) is 4.01. The lowest BCUT2D eigenvalue weighted by atomic mass is 9.97. The van der Waals surface area contributed by atoms with Gasteiger partial charge in [-0.05, 0) is 75.4 Å².